The number of hydrogen-bond acceptors (Lipinski definition) is 20. The molecule has 2 fully saturated rings. The Balaban J connectivity index is 2.16. The second-order valence-corrected chi connectivity index (χ2v) is 25.2. The van der Waals surface area contributed by atoms with Crippen LogP contribution < -0.4 is 104 Å². The SMILES string of the molecule is CC(C)C[C@@H]1NC(=O)[C@H](Cc2ccc(O)cc2)NC(=O)CSC[C@@H](C(N)=O)NC(=O)CNC(=O)CNC(=O)[C@H](CCCN=C(N)N)NC(=O)[C@H](CC(=O)O)NC(=O)[C@H](CCCCN)NC(=O)[C@@H]2CCCN2C(=O)[C@H](CCCN=C(N)N)NC(=O)[C@H](C)NC(=O)[C@H](CCCN=C(N)N)NC1=O. The van der Waals surface area contributed by atoms with Gasteiger partial charge in [-0.05, 0) is 114 Å². The smallest absolute Gasteiger partial charge is 0.305 e. The Morgan fingerprint density at radius 3 is 1.58 bits per heavy atom. The minimum atomic E-state index is -1.91. The number of phenols is 1. The monoisotopic (exact) mass is 1430 g/mol. The number of amides is 13. The van der Waals surface area contributed by atoms with Crippen molar-refractivity contribution in [2.24, 2.45) is 66.8 Å². The second-order valence-electron chi connectivity index (χ2n) is 24.2. The van der Waals surface area contributed by atoms with Crippen molar-refractivity contribution < 1.29 is 77.3 Å². The van der Waals surface area contributed by atoms with Crippen LogP contribution in [0.3, 0.4) is 0 Å². The van der Waals surface area contributed by atoms with Crippen LogP contribution in [0, 0.1) is 5.92 Å². The zero-order chi connectivity index (χ0) is 74.6. The molecule has 556 valence electrons. The van der Waals surface area contributed by atoms with Crippen LogP contribution in [0.5, 0.6) is 5.75 Å². The molecular weight excluding hydrogens is 1330 g/mol. The third-order valence-corrected chi connectivity index (χ3v) is 16.4. The van der Waals surface area contributed by atoms with Crippen LogP contribution in [0.2, 0.25) is 0 Å². The zero-order valence-corrected chi connectivity index (χ0v) is 57.2. The lowest BCUT2D eigenvalue weighted by Gasteiger charge is -2.31. The van der Waals surface area contributed by atoms with E-state index in [9.17, 15) is 77.3 Å². The van der Waals surface area contributed by atoms with E-state index in [0.29, 0.717) is 12.0 Å². The van der Waals surface area contributed by atoms with E-state index in [4.69, 9.17) is 45.9 Å². The number of fused-ring (bicyclic) bond motifs is 1. The second kappa shape index (κ2) is 43.9. The van der Waals surface area contributed by atoms with Crippen molar-refractivity contribution in [2.75, 3.05) is 57.3 Å². The summed E-state index contributed by atoms with van der Waals surface area (Å²) in [6.07, 6.45) is -0.815. The van der Waals surface area contributed by atoms with Crippen LogP contribution in [-0.4, -0.2) is 233 Å². The molecule has 13 amide bonds. The molecule has 39 nitrogen and oxygen atoms in total. The number of rotatable bonds is 23. The lowest BCUT2D eigenvalue weighted by molar-refractivity contribution is -0.143. The summed E-state index contributed by atoms with van der Waals surface area (Å²) in [5, 5.41) is 47.4. The van der Waals surface area contributed by atoms with Gasteiger partial charge in [0.05, 0.1) is 25.3 Å². The van der Waals surface area contributed by atoms with Gasteiger partial charge in [-0.3, -0.25) is 82.1 Å². The van der Waals surface area contributed by atoms with Crippen molar-refractivity contribution in [1.29, 1.82) is 0 Å². The predicted octanol–water partition coefficient (Wildman–Crippen LogP) is -8.42. The third kappa shape index (κ3) is 31.9. The topological polar surface area (TPSA) is 660 Å². The summed E-state index contributed by atoms with van der Waals surface area (Å²) in [7, 11) is 0. The summed E-state index contributed by atoms with van der Waals surface area (Å²) < 4.78 is 0. The van der Waals surface area contributed by atoms with E-state index < -0.39 is 168 Å². The van der Waals surface area contributed by atoms with Gasteiger partial charge in [-0.2, -0.15) is 0 Å². The van der Waals surface area contributed by atoms with Gasteiger partial charge in [0.2, 0.25) is 76.8 Å². The highest BCUT2D eigenvalue weighted by molar-refractivity contribution is 8.00. The van der Waals surface area contributed by atoms with E-state index in [-0.39, 0.29) is 145 Å². The molecule has 0 unspecified atom stereocenters. The molecule has 3 rings (SSSR count). The number of primary amides is 1. The van der Waals surface area contributed by atoms with Crippen molar-refractivity contribution in [1.82, 2.24) is 63.4 Å². The number of benzene rings is 1. The van der Waals surface area contributed by atoms with E-state index in [0.717, 1.165) is 11.8 Å². The summed E-state index contributed by atoms with van der Waals surface area (Å²) in [6.45, 7) is 3.24. The van der Waals surface area contributed by atoms with Gasteiger partial charge in [0.15, 0.2) is 17.9 Å². The molecule has 10 atom stereocenters. The fourth-order valence-electron chi connectivity index (χ4n) is 10.2. The molecule has 0 aromatic heterocycles. The fourth-order valence-corrected chi connectivity index (χ4v) is 11.1. The molecule has 1 aromatic carbocycles. The van der Waals surface area contributed by atoms with E-state index >= 15 is 0 Å². The number of aliphatic imine (C=N–C) groups is 3. The molecule has 0 spiro atoms. The number of carboxylic acids is 1. The summed E-state index contributed by atoms with van der Waals surface area (Å²) in [6, 6.07) is -9.07. The Bertz CT molecular complexity index is 3090. The van der Waals surface area contributed by atoms with Gasteiger partial charge < -0.3 is 119 Å². The number of nitrogens with one attached hydrogen (secondary N) is 11. The number of carboxylic acid groups (broad SMARTS) is 1. The number of thioether (sulfide) groups is 1. The number of nitrogens with zero attached hydrogens (tertiary/aromatic N) is 4. The minimum Gasteiger partial charge on any atom is -0.508 e. The average Bonchev–Trinajstić information content (AvgIpc) is 1.61. The quantitative estimate of drug-likeness (QED) is 0.0275. The van der Waals surface area contributed by atoms with Gasteiger partial charge >= 0.3 is 5.97 Å². The third-order valence-electron chi connectivity index (χ3n) is 15.3. The number of aromatic hydroxyl groups is 1. The first-order chi connectivity index (χ1) is 47.3. The molecular formula is C60H99N23O16S. The lowest BCUT2D eigenvalue weighted by Crippen LogP contribution is -2.60. The van der Waals surface area contributed by atoms with E-state index in [1.165, 1.54) is 36.1 Å². The largest absolute Gasteiger partial charge is 0.508 e. The van der Waals surface area contributed by atoms with Gasteiger partial charge in [-0.1, -0.05) is 26.0 Å². The highest BCUT2D eigenvalue weighted by Gasteiger charge is 2.41. The van der Waals surface area contributed by atoms with Crippen molar-refractivity contribution in [3.8, 4) is 5.75 Å². The van der Waals surface area contributed by atoms with Crippen LogP contribution in [0.1, 0.15) is 110 Å². The van der Waals surface area contributed by atoms with Crippen molar-refractivity contribution in [3.63, 3.8) is 0 Å². The van der Waals surface area contributed by atoms with Gasteiger partial charge in [-0.25, -0.2) is 0 Å². The summed E-state index contributed by atoms with van der Waals surface area (Å²) in [5.74, 6) is -15.7. The Morgan fingerprint density at radius 1 is 0.550 bits per heavy atom. The molecule has 0 aliphatic carbocycles. The summed E-state index contributed by atoms with van der Waals surface area (Å²) in [4.78, 5) is 206. The lowest BCUT2D eigenvalue weighted by atomic mass is 10.00. The minimum absolute atomic E-state index is 0.0144. The van der Waals surface area contributed by atoms with Crippen molar-refractivity contribution in [3.05, 3.63) is 29.8 Å². The molecule has 40 heteroatoms. The number of unbranched alkanes of at least 4 members (excludes halogenated alkanes) is 1. The van der Waals surface area contributed by atoms with Crippen LogP contribution >= 0.6 is 11.8 Å². The number of phenolic OH excluding ortho intramolecular Hbond substituents is 1. The van der Waals surface area contributed by atoms with Gasteiger partial charge in [0.1, 0.15) is 66.2 Å². The molecule has 100 heavy (non-hydrogen) atoms. The Labute approximate surface area is 581 Å². The number of hydrogen-bond donors (Lipinski definition) is 21. The molecule has 0 radical (unpaired) electrons. The van der Waals surface area contributed by atoms with Crippen LogP contribution in [0.25, 0.3) is 0 Å². The molecule has 0 saturated carbocycles. The van der Waals surface area contributed by atoms with Crippen molar-refractivity contribution >= 4 is 112 Å². The fraction of sp³-hybridized carbons (Fsp3) is 0.617. The number of carbonyl (C=O) groups excluding carboxylic acids is 13. The van der Waals surface area contributed by atoms with Gasteiger partial charge in [0.25, 0.3) is 0 Å². The maximum absolute atomic E-state index is 14.7. The van der Waals surface area contributed by atoms with Crippen molar-refractivity contribution in [2.45, 2.75) is 171 Å². The van der Waals surface area contributed by atoms with E-state index in [2.05, 4.69) is 73.5 Å². The van der Waals surface area contributed by atoms with Crippen LogP contribution in [-0.2, 0) is 73.5 Å². The maximum Gasteiger partial charge on any atom is 0.305 e. The number of guanidine groups is 3. The summed E-state index contributed by atoms with van der Waals surface area (Å²) >= 11 is 0.810. The number of aliphatic carboxylic acids is 1. The molecule has 2 heterocycles. The Morgan fingerprint density at radius 2 is 1.03 bits per heavy atom. The Kier molecular flexibility index (Phi) is 36.8. The van der Waals surface area contributed by atoms with E-state index in [1.807, 2.05) is 0 Å². The van der Waals surface area contributed by atoms with Crippen LogP contribution in [0.15, 0.2) is 39.2 Å². The average molecular weight is 1430 g/mol. The van der Waals surface area contributed by atoms with E-state index in [1.54, 1.807) is 13.8 Å². The molecule has 2 aliphatic heterocycles. The first-order valence-corrected chi connectivity index (χ1v) is 33.7. The Hall–Kier alpha value is -10.3. The van der Waals surface area contributed by atoms with Gasteiger partial charge in [0, 0.05) is 38.4 Å². The normalized spacial score (nSPS) is 23.8. The zero-order valence-electron chi connectivity index (χ0n) is 56.3. The number of carbonyl (C=O) groups is 14. The van der Waals surface area contributed by atoms with Crippen LogP contribution in [0.4, 0.5) is 0 Å². The highest BCUT2D eigenvalue weighted by Crippen LogP contribution is 2.21. The summed E-state index contributed by atoms with van der Waals surface area (Å²) in [5.41, 5.74) is 45.0. The number of nitrogens with two attached hydrogens (primary N) is 8. The molecule has 1 aromatic rings. The maximum atomic E-state index is 14.7. The standard InChI is InChI=1S/C60H99N23O16S/c1-31(2)24-39-53(95)78-37(12-7-21-70-59(65)66)51(93)74-32(3)49(91)80-38(13-8-22-71-60(67)68)57(99)83-23-9-14-43(83)56(98)79-36(10-4-5-19-61)52(94)82-41(26-47(88)89)55(97)77-35(11-6-20-69-58(63)64)50(92)73-27-44(85)72-28-45(86)76-42(48(62)90)29-100-30-46(87)75-40(54(96)81-39)25-33-15-17-34(84)18-16-33/h15-18,31-32,35-43,84H,4-14,19-30,61H2,1-3H3,(H2,62,90)(H,72,85)(H,73,92)(H,74,93)(H,75,87)(H,76,86)(H,77,97)(H,78,95)(H,79,98)(H,80,91)(H,81,96)(H,82,94)(H,88,89)(H4,63,64,69)(H4,65,66,70)(H4,67,68,71)/t32-,35-,36-,37-,38-,39-,40-,41-,42-,43-/m0/s1. The first kappa shape index (κ1) is 83.9. The molecule has 29 N–H and O–H groups in total. The molecule has 2 saturated heterocycles. The molecule has 0 bridgehead atoms. The molecule has 2 aliphatic rings. The highest BCUT2D eigenvalue weighted by atomic mass is 32.2. The van der Waals surface area contributed by atoms with Gasteiger partial charge in [-0.15, -0.1) is 11.8 Å². The predicted molar refractivity (Wildman–Crippen MR) is 366 cm³/mol. The first-order valence-electron chi connectivity index (χ1n) is 32.6.